The predicted octanol–water partition coefficient (Wildman–Crippen LogP) is 6.38. The molecule has 0 saturated heterocycles. The van der Waals surface area contributed by atoms with Gasteiger partial charge in [0.1, 0.15) is 0 Å². The highest BCUT2D eigenvalue weighted by molar-refractivity contribution is 7.26. The molecule has 0 fully saturated rings. The lowest BCUT2D eigenvalue weighted by Crippen LogP contribution is -2.06. The summed E-state index contributed by atoms with van der Waals surface area (Å²) in [4.78, 5) is 26.5. The number of benzene rings is 3. The third-order valence-electron chi connectivity index (χ3n) is 5.35. The Bertz CT molecular complexity index is 1470. The maximum absolute atomic E-state index is 13.3. The highest BCUT2D eigenvalue weighted by atomic mass is 32.1. The lowest BCUT2D eigenvalue weighted by Gasteiger charge is -2.08. The first-order valence-electron chi connectivity index (χ1n) is 9.19. The van der Waals surface area contributed by atoms with E-state index in [-0.39, 0.29) is 10.9 Å². The van der Waals surface area contributed by atoms with Gasteiger partial charge in [-0.1, -0.05) is 12.1 Å². The molecule has 0 aliphatic heterocycles. The lowest BCUT2D eigenvalue weighted by molar-refractivity contribution is 1.43. The van der Waals surface area contributed by atoms with E-state index in [0.717, 1.165) is 51.8 Å². The average Bonchev–Trinajstić information content (AvgIpc) is 2.60. The second kappa shape index (κ2) is 5.97. The van der Waals surface area contributed by atoms with E-state index in [1.54, 1.807) is 22.7 Å². The minimum Gasteiger partial charge on any atom is -0.288 e. The Hall–Kier alpha value is -2.56. The molecule has 0 aliphatic rings. The zero-order valence-corrected chi connectivity index (χ0v) is 17.7. The van der Waals surface area contributed by atoms with Crippen molar-refractivity contribution in [3.05, 3.63) is 79.1 Å². The molecule has 0 unspecified atom stereocenters. The fraction of sp³-hybridized carbons (Fsp3) is 0.167. The topological polar surface area (TPSA) is 34.1 Å². The van der Waals surface area contributed by atoms with Crippen LogP contribution in [0.15, 0.2) is 46.0 Å². The molecule has 5 aromatic rings. The van der Waals surface area contributed by atoms with Crippen LogP contribution in [0.25, 0.3) is 40.3 Å². The molecule has 0 amide bonds. The maximum Gasteiger partial charge on any atom is 0.196 e. The van der Waals surface area contributed by atoms with Crippen molar-refractivity contribution in [3.8, 4) is 0 Å². The third kappa shape index (κ3) is 2.45. The van der Waals surface area contributed by atoms with Crippen LogP contribution in [0.1, 0.15) is 22.3 Å². The van der Waals surface area contributed by atoms with Gasteiger partial charge >= 0.3 is 0 Å². The molecule has 138 valence electrons. The molecule has 5 rings (SSSR count). The molecule has 0 radical (unpaired) electrons. The van der Waals surface area contributed by atoms with Crippen LogP contribution < -0.4 is 10.9 Å². The average molecular weight is 403 g/mol. The van der Waals surface area contributed by atoms with Crippen molar-refractivity contribution in [2.45, 2.75) is 27.7 Å². The van der Waals surface area contributed by atoms with Gasteiger partial charge in [0, 0.05) is 40.3 Å². The van der Waals surface area contributed by atoms with Gasteiger partial charge in [-0.15, -0.1) is 22.7 Å². The van der Waals surface area contributed by atoms with Crippen LogP contribution in [-0.2, 0) is 0 Å². The van der Waals surface area contributed by atoms with Gasteiger partial charge in [0.2, 0.25) is 0 Å². The maximum atomic E-state index is 13.3. The molecule has 0 N–H and O–H groups in total. The number of rotatable bonds is 0. The first-order chi connectivity index (χ1) is 13.3. The number of hydrogen-bond donors (Lipinski definition) is 0. The van der Waals surface area contributed by atoms with Gasteiger partial charge in [0.25, 0.3) is 0 Å². The van der Waals surface area contributed by atoms with E-state index < -0.39 is 0 Å². The van der Waals surface area contributed by atoms with Crippen LogP contribution in [0.5, 0.6) is 0 Å². The molecule has 2 heterocycles. The van der Waals surface area contributed by atoms with Gasteiger partial charge in [0.15, 0.2) is 10.9 Å². The van der Waals surface area contributed by atoms with E-state index >= 15 is 0 Å². The zero-order chi connectivity index (χ0) is 19.7. The summed E-state index contributed by atoms with van der Waals surface area (Å²) in [5, 5.41) is 3.00. The second-order valence-electron chi connectivity index (χ2n) is 7.62. The van der Waals surface area contributed by atoms with Crippen LogP contribution >= 0.6 is 22.7 Å². The largest absolute Gasteiger partial charge is 0.288 e. The lowest BCUT2D eigenvalue weighted by atomic mass is 10.0. The fourth-order valence-corrected chi connectivity index (χ4v) is 6.74. The van der Waals surface area contributed by atoms with Crippen molar-refractivity contribution < 1.29 is 0 Å². The Morgan fingerprint density at radius 1 is 0.536 bits per heavy atom. The van der Waals surface area contributed by atoms with Crippen LogP contribution in [0.4, 0.5) is 0 Å². The van der Waals surface area contributed by atoms with Gasteiger partial charge in [-0.2, -0.15) is 0 Å². The quantitative estimate of drug-likeness (QED) is 0.282. The summed E-state index contributed by atoms with van der Waals surface area (Å²) in [7, 11) is 0. The van der Waals surface area contributed by atoms with Gasteiger partial charge < -0.3 is 0 Å². The Balaban J connectivity index is 2.02. The number of hydrogen-bond acceptors (Lipinski definition) is 4. The molecule has 28 heavy (non-hydrogen) atoms. The predicted molar refractivity (Wildman–Crippen MR) is 124 cm³/mol. The first kappa shape index (κ1) is 17.5. The summed E-state index contributed by atoms with van der Waals surface area (Å²) < 4.78 is 3.72. The summed E-state index contributed by atoms with van der Waals surface area (Å²) in [5.74, 6) is 0. The van der Waals surface area contributed by atoms with E-state index in [1.807, 2.05) is 39.8 Å². The SMILES string of the molecule is Cc1cc(C)c2c(=O)c3cc4sc5cc(C)cc(C)c5c(=O)c4cc3sc2c1. The molecule has 0 atom stereocenters. The molecule has 0 bridgehead atoms. The smallest absolute Gasteiger partial charge is 0.196 e. The van der Waals surface area contributed by atoms with Crippen molar-refractivity contribution in [2.75, 3.05) is 0 Å². The normalized spacial score (nSPS) is 11.9. The summed E-state index contributed by atoms with van der Waals surface area (Å²) in [6.45, 7) is 8.08. The number of aryl methyl sites for hydroxylation is 4. The van der Waals surface area contributed by atoms with Crippen LogP contribution in [0, 0.1) is 27.7 Å². The summed E-state index contributed by atoms with van der Waals surface area (Å²) in [6.07, 6.45) is 0. The summed E-state index contributed by atoms with van der Waals surface area (Å²) in [6, 6.07) is 12.1. The highest BCUT2D eigenvalue weighted by Crippen LogP contribution is 2.33. The monoisotopic (exact) mass is 402 g/mol. The Morgan fingerprint density at radius 2 is 0.929 bits per heavy atom. The molecule has 3 aromatic carbocycles. The molecule has 2 nitrogen and oxygen atoms in total. The minimum absolute atomic E-state index is 0.0586. The van der Waals surface area contributed by atoms with Crippen molar-refractivity contribution in [1.29, 1.82) is 0 Å². The van der Waals surface area contributed by atoms with E-state index in [0.29, 0.717) is 10.8 Å². The summed E-state index contributed by atoms with van der Waals surface area (Å²) in [5.41, 5.74) is 4.42. The van der Waals surface area contributed by atoms with E-state index in [4.69, 9.17) is 0 Å². The van der Waals surface area contributed by atoms with Crippen LogP contribution in [-0.4, -0.2) is 0 Å². The van der Waals surface area contributed by atoms with Gasteiger partial charge in [0.05, 0.1) is 0 Å². The second-order valence-corrected chi connectivity index (χ2v) is 9.78. The van der Waals surface area contributed by atoms with Gasteiger partial charge in [-0.05, 0) is 74.2 Å². The standard InChI is InChI=1S/C24H18O2S2/c1-11-5-13(3)21-19(7-11)27-17-9-16-18(10-15(17)23(21)25)28-20-8-12(2)6-14(4)22(20)24(16)26/h5-10H,1-4H3. The van der Waals surface area contributed by atoms with Gasteiger partial charge in [-0.25, -0.2) is 0 Å². The third-order valence-corrected chi connectivity index (χ3v) is 7.55. The first-order valence-corrected chi connectivity index (χ1v) is 10.8. The Kier molecular flexibility index (Phi) is 3.74. The highest BCUT2D eigenvalue weighted by Gasteiger charge is 2.14. The van der Waals surface area contributed by atoms with Crippen molar-refractivity contribution >= 4 is 63.0 Å². The fourth-order valence-electron chi connectivity index (χ4n) is 4.19. The summed E-state index contributed by atoms with van der Waals surface area (Å²) >= 11 is 3.19. The van der Waals surface area contributed by atoms with Crippen LogP contribution in [0.3, 0.4) is 0 Å². The van der Waals surface area contributed by atoms with Crippen molar-refractivity contribution in [2.24, 2.45) is 0 Å². The van der Waals surface area contributed by atoms with Crippen molar-refractivity contribution in [3.63, 3.8) is 0 Å². The van der Waals surface area contributed by atoms with E-state index in [1.165, 1.54) is 0 Å². The molecule has 0 saturated carbocycles. The molecular weight excluding hydrogens is 384 g/mol. The van der Waals surface area contributed by atoms with Gasteiger partial charge in [-0.3, -0.25) is 9.59 Å². The Morgan fingerprint density at radius 3 is 1.32 bits per heavy atom. The van der Waals surface area contributed by atoms with Crippen molar-refractivity contribution in [1.82, 2.24) is 0 Å². The number of fused-ring (bicyclic) bond motifs is 4. The molecular formula is C24H18O2S2. The molecule has 0 spiro atoms. The van der Waals surface area contributed by atoms with E-state index in [9.17, 15) is 9.59 Å². The van der Waals surface area contributed by atoms with E-state index in [2.05, 4.69) is 24.3 Å². The molecule has 4 heteroatoms. The minimum atomic E-state index is 0.0586. The molecule has 0 aliphatic carbocycles. The molecule has 2 aromatic heterocycles. The zero-order valence-electron chi connectivity index (χ0n) is 16.1. The van der Waals surface area contributed by atoms with Crippen LogP contribution in [0.2, 0.25) is 0 Å². The Labute approximate surface area is 169 Å².